The SMILES string of the molecule is CCOC(=O)C1=C(c2cc(F)c(Cl)nc2Cl)OC(N)=C(C#N)C1c1cccc(C#N)c1. The van der Waals surface area contributed by atoms with E-state index in [0.717, 1.165) is 6.07 Å². The predicted molar refractivity (Wildman–Crippen MR) is 110 cm³/mol. The molecule has 0 aliphatic carbocycles. The van der Waals surface area contributed by atoms with Crippen molar-refractivity contribution in [2.45, 2.75) is 12.8 Å². The van der Waals surface area contributed by atoms with E-state index in [9.17, 15) is 19.7 Å². The number of rotatable bonds is 4. The maximum Gasteiger partial charge on any atom is 0.338 e. The van der Waals surface area contributed by atoms with Crippen LogP contribution in [0, 0.1) is 28.5 Å². The lowest BCUT2D eigenvalue weighted by molar-refractivity contribution is -0.138. The number of esters is 1. The van der Waals surface area contributed by atoms with Crippen LogP contribution >= 0.6 is 23.2 Å². The lowest BCUT2D eigenvalue weighted by atomic mass is 9.81. The Hall–Kier alpha value is -3.59. The summed E-state index contributed by atoms with van der Waals surface area (Å²) in [6.07, 6.45) is 0. The molecular weight excluding hydrogens is 446 g/mol. The van der Waals surface area contributed by atoms with Crippen molar-refractivity contribution in [2.24, 2.45) is 5.73 Å². The topological polar surface area (TPSA) is 122 Å². The van der Waals surface area contributed by atoms with Gasteiger partial charge in [0, 0.05) is 0 Å². The molecule has 0 spiro atoms. The first-order valence-corrected chi connectivity index (χ1v) is 9.58. The Labute approximate surface area is 186 Å². The minimum Gasteiger partial charge on any atom is -0.463 e. The van der Waals surface area contributed by atoms with Gasteiger partial charge in [0.15, 0.2) is 16.7 Å². The maximum atomic E-state index is 14.2. The molecule has 0 saturated heterocycles. The number of carbonyl (C=O) groups is 1. The van der Waals surface area contributed by atoms with Gasteiger partial charge in [0.05, 0.1) is 35.3 Å². The molecule has 2 N–H and O–H groups in total. The summed E-state index contributed by atoms with van der Waals surface area (Å²) >= 11 is 11.8. The van der Waals surface area contributed by atoms with Crippen LogP contribution in [0.5, 0.6) is 0 Å². The molecule has 3 rings (SSSR count). The third-order valence-electron chi connectivity index (χ3n) is 4.40. The molecule has 0 fully saturated rings. The Kier molecular flexibility index (Phi) is 6.45. The van der Waals surface area contributed by atoms with E-state index in [2.05, 4.69) is 4.98 Å². The van der Waals surface area contributed by atoms with Crippen LogP contribution < -0.4 is 5.73 Å². The zero-order valence-electron chi connectivity index (χ0n) is 15.9. The van der Waals surface area contributed by atoms with E-state index in [-0.39, 0.29) is 40.1 Å². The highest BCUT2D eigenvalue weighted by Gasteiger charge is 2.39. The summed E-state index contributed by atoms with van der Waals surface area (Å²) in [6.45, 7) is 1.61. The summed E-state index contributed by atoms with van der Waals surface area (Å²) in [6, 6.07) is 11.1. The number of halogens is 3. The molecule has 7 nitrogen and oxygen atoms in total. The molecule has 1 unspecified atom stereocenters. The van der Waals surface area contributed by atoms with Crippen molar-refractivity contribution < 1.29 is 18.7 Å². The van der Waals surface area contributed by atoms with Gasteiger partial charge < -0.3 is 15.2 Å². The van der Waals surface area contributed by atoms with E-state index in [1.807, 2.05) is 12.1 Å². The Bertz CT molecular complexity index is 1230. The predicted octanol–water partition coefficient (Wildman–Crippen LogP) is 4.18. The number of ether oxygens (including phenoxy) is 2. The van der Waals surface area contributed by atoms with E-state index in [1.54, 1.807) is 25.1 Å². The molecule has 0 amide bonds. The smallest absolute Gasteiger partial charge is 0.338 e. The molecular formula is C21H13Cl2FN4O3. The number of allylic oxidation sites excluding steroid dienone is 1. The number of pyridine rings is 1. The molecule has 1 atom stereocenters. The van der Waals surface area contributed by atoms with Crippen molar-refractivity contribution in [1.82, 2.24) is 4.98 Å². The Balaban J connectivity index is 2.37. The van der Waals surface area contributed by atoms with E-state index >= 15 is 0 Å². The lowest BCUT2D eigenvalue weighted by Crippen LogP contribution is -2.26. The van der Waals surface area contributed by atoms with Crippen molar-refractivity contribution in [1.29, 1.82) is 10.5 Å². The van der Waals surface area contributed by atoms with Gasteiger partial charge in [0.1, 0.15) is 16.8 Å². The molecule has 1 aromatic carbocycles. The molecule has 31 heavy (non-hydrogen) atoms. The summed E-state index contributed by atoms with van der Waals surface area (Å²) < 4.78 is 24.9. The first-order chi connectivity index (χ1) is 14.8. The monoisotopic (exact) mass is 458 g/mol. The second-order valence-electron chi connectivity index (χ2n) is 6.22. The largest absolute Gasteiger partial charge is 0.463 e. The van der Waals surface area contributed by atoms with Gasteiger partial charge >= 0.3 is 5.97 Å². The highest BCUT2D eigenvalue weighted by atomic mass is 35.5. The normalized spacial score (nSPS) is 15.7. The number of hydrogen-bond donors (Lipinski definition) is 1. The molecule has 1 aliphatic rings. The van der Waals surface area contributed by atoms with Crippen molar-refractivity contribution >= 4 is 34.9 Å². The van der Waals surface area contributed by atoms with E-state index in [4.69, 9.17) is 38.4 Å². The summed E-state index contributed by atoms with van der Waals surface area (Å²) in [4.78, 5) is 16.7. The summed E-state index contributed by atoms with van der Waals surface area (Å²) in [5.41, 5.74) is 6.34. The second kappa shape index (κ2) is 9.05. The zero-order chi connectivity index (χ0) is 22.7. The van der Waals surface area contributed by atoms with Crippen LogP contribution in [0.1, 0.15) is 29.5 Å². The van der Waals surface area contributed by atoms with Gasteiger partial charge in [-0.1, -0.05) is 35.3 Å². The van der Waals surface area contributed by atoms with Crippen LogP contribution in [0.3, 0.4) is 0 Å². The first-order valence-electron chi connectivity index (χ1n) is 8.83. The molecule has 10 heteroatoms. The van der Waals surface area contributed by atoms with Gasteiger partial charge in [-0.15, -0.1) is 0 Å². The van der Waals surface area contributed by atoms with Crippen LogP contribution in [0.15, 0.2) is 47.4 Å². The third kappa shape index (κ3) is 4.17. The fraction of sp³-hybridized carbons (Fsp3) is 0.143. The maximum absolute atomic E-state index is 14.2. The lowest BCUT2D eigenvalue weighted by Gasteiger charge is -2.28. The molecule has 0 saturated carbocycles. The van der Waals surface area contributed by atoms with Crippen molar-refractivity contribution in [3.05, 3.63) is 80.2 Å². The standard InChI is InChI=1S/C21H13Cl2FN4O3/c1-2-30-21(29)16-15(11-5-3-4-10(6-11)8-25)13(9-26)20(27)31-17(16)12-7-14(24)19(23)28-18(12)22/h3-7,15H,2,27H2,1H3. The van der Waals surface area contributed by atoms with Crippen molar-refractivity contribution in [2.75, 3.05) is 6.61 Å². The Morgan fingerprint density at radius 1 is 1.29 bits per heavy atom. The minimum atomic E-state index is -1.06. The highest BCUT2D eigenvalue weighted by molar-refractivity contribution is 6.33. The van der Waals surface area contributed by atoms with E-state index in [1.165, 1.54) is 6.07 Å². The van der Waals surface area contributed by atoms with Crippen molar-refractivity contribution in [3.63, 3.8) is 0 Å². The zero-order valence-corrected chi connectivity index (χ0v) is 17.5. The molecule has 1 aliphatic heterocycles. The summed E-state index contributed by atoms with van der Waals surface area (Å²) in [5.74, 6) is -3.34. The second-order valence-corrected chi connectivity index (χ2v) is 6.94. The van der Waals surface area contributed by atoms with Crippen LogP contribution in [0.4, 0.5) is 4.39 Å². The number of nitriles is 2. The average Bonchev–Trinajstić information content (AvgIpc) is 2.75. The fourth-order valence-corrected chi connectivity index (χ4v) is 3.51. The third-order valence-corrected chi connectivity index (χ3v) is 4.95. The highest BCUT2D eigenvalue weighted by Crippen LogP contribution is 2.44. The van der Waals surface area contributed by atoms with Gasteiger partial charge in [-0.2, -0.15) is 10.5 Å². The van der Waals surface area contributed by atoms with E-state index in [0.29, 0.717) is 11.1 Å². The van der Waals surface area contributed by atoms with Crippen LogP contribution in [-0.4, -0.2) is 17.6 Å². The van der Waals surface area contributed by atoms with Gasteiger partial charge in [-0.05, 0) is 30.7 Å². The van der Waals surface area contributed by atoms with Gasteiger partial charge in [0.25, 0.3) is 0 Å². The van der Waals surface area contributed by atoms with Gasteiger partial charge in [0.2, 0.25) is 5.88 Å². The number of aromatic nitrogens is 1. The van der Waals surface area contributed by atoms with Gasteiger partial charge in [-0.3, -0.25) is 0 Å². The Morgan fingerprint density at radius 2 is 2.03 bits per heavy atom. The van der Waals surface area contributed by atoms with Crippen LogP contribution in [-0.2, 0) is 14.3 Å². The number of hydrogen-bond acceptors (Lipinski definition) is 7. The number of nitrogens with two attached hydrogens (primary N) is 1. The van der Waals surface area contributed by atoms with Crippen LogP contribution in [0.2, 0.25) is 10.3 Å². The Morgan fingerprint density at radius 3 is 2.68 bits per heavy atom. The first kappa shape index (κ1) is 22.1. The number of carbonyl (C=O) groups excluding carboxylic acids is 1. The quantitative estimate of drug-likeness (QED) is 0.538. The molecule has 156 valence electrons. The summed E-state index contributed by atoms with van der Waals surface area (Å²) in [7, 11) is 0. The molecule has 0 radical (unpaired) electrons. The van der Waals surface area contributed by atoms with Crippen molar-refractivity contribution in [3.8, 4) is 12.1 Å². The molecule has 2 aromatic rings. The fourth-order valence-electron chi connectivity index (χ4n) is 3.10. The van der Waals surface area contributed by atoms with Gasteiger partial charge in [-0.25, -0.2) is 14.2 Å². The minimum absolute atomic E-state index is 0.0165. The van der Waals surface area contributed by atoms with E-state index < -0.39 is 22.9 Å². The average molecular weight is 459 g/mol. The molecule has 0 bridgehead atoms. The molecule has 1 aromatic heterocycles. The summed E-state index contributed by atoms with van der Waals surface area (Å²) in [5, 5.41) is 18.3. The number of nitrogens with zero attached hydrogens (tertiary/aromatic N) is 3. The molecule has 2 heterocycles. The van der Waals surface area contributed by atoms with Crippen LogP contribution in [0.25, 0.3) is 5.76 Å². The number of benzene rings is 1.